The van der Waals surface area contributed by atoms with E-state index in [4.69, 9.17) is 22.7 Å². The minimum atomic E-state index is 0.0451. The number of aryl methyl sites for hydroxylation is 1. The van der Waals surface area contributed by atoms with Crippen LogP contribution in [0, 0.1) is 12.3 Å². The molecular weight excluding hydrogens is 270 g/mol. The Morgan fingerprint density at radius 2 is 1.90 bits per heavy atom. The van der Waals surface area contributed by atoms with Crippen LogP contribution < -0.4 is 10.6 Å². The number of rotatable bonds is 4. The Bertz CT molecular complexity index is 637. The maximum Gasteiger partial charge on any atom is 0.124 e. The smallest absolute Gasteiger partial charge is 0.124 e. The summed E-state index contributed by atoms with van der Waals surface area (Å²) in [5.41, 5.74) is 9.51. The van der Waals surface area contributed by atoms with Gasteiger partial charge in [0.2, 0.25) is 0 Å². The van der Waals surface area contributed by atoms with E-state index in [1.54, 1.807) is 12.1 Å². The van der Waals surface area contributed by atoms with E-state index in [-0.39, 0.29) is 5.84 Å². The lowest BCUT2D eigenvalue weighted by Crippen LogP contribution is -2.22. The summed E-state index contributed by atoms with van der Waals surface area (Å²) >= 11 is 6.11. The fraction of sp³-hybridized carbons (Fsp3) is 0.188. The summed E-state index contributed by atoms with van der Waals surface area (Å²) in [6.45, 7) is 4.90. The van der Waals surface area contributed by atoms with Crippen LogP contribution in [0.1, 0.15) is 18.1 Å². The van der Waals surface area contributed by atoms with Gasteiger partial charge in [-0.05, 0) is 43.7 Å². The van der Waals surface area contributed by atoms with Crippen molar-refractivity contribution in [2.75, 3.05) is 11.4 Å². The third-order valence-electron chi connectivity index (χ3n) is 3.26. The standard InChI is InChI=1S/C16H18ClN3/c1-3-20(14-7-5-4-6-11(14)2)15-10-12(17)8-9-13(15)16(18)19/h4-10H,3H2,1-2H3,(H3,18,19). The van der Waals surface area contributed by atoms with Crippen LogP contribution in [0.2, 0.25) is 5.02 Å². The third kappa shape index (κ3) is 2.78. The van der Waals surface area contributed by atoms with Gasteiger partial charge in [0, 0.05) is 22.8 Å². The number of nitrogens with zero attached hydrogens (tertiary/aromatic N) is 1. The molecule has 0 aromatic heterocycles. The summed E-state index contributed by atoms with van der Waals surface area (Å²) in [6.07, 6.45) is 0. The van der Waals surface area contributed by atoms with E-state index in [0.29, 0.717) is 10.6 Å². The van der Waals surface area contributed by atoms with Crippen LogP contribution in [0.5, 0.6) is 0 Å². The zero-order valence-electron chi connectivity index (χ0n) is 11.7. The van der Waals surface area contributed by atoms with Gasteiger partial charge in [0.1, 0.15) is 5.84 Å². The number of nitrogen functional groups attached to an aromatic ring is 1. The summed E-state index contributed by atoms with van der Waals surface area (Å²) < 4.78 is 0. The first-order chi connectivity index (χ1) is 9.54. The number of benzene rings is 2. The Kier molecular flexibility index (Phi) is 4.30. The Balaban J connectivity index is 2.60. The average Bonchev–Trinajstić information content (AvgIpc) is 2.41. The number of hydrogen-bond acceptors (Lipinski definition) is 2. The fourth-order valence-electron chi connectivity index (χ4n) is 2.29. The predicted octanol–water partition coefficient (Wildman–Crippen LogP) is 4.09. The summed E-state index contributed by atoms with van der Waals surface area (Å²) in [7, 11) is 0. The van der Waals surface area contributed by atoms with Crippen LogP contribution in [-0.4, -0.2) is 12.4 Å². The Labute approximate surface area is 124 Å². The summed E-state index contributed by atoms with van der Waals surface area (Å²) in [5, 5.41) is 8.38. The molecule has 0 aliphatic heterocycles. The molecule has 0 atom stereocenters. The molecule has 0 heterocycles. The molecule has 3 N–H and O–H groups in total. The first kappa shape index (κ1) is 14.4. The Hall–Kier alpha value is -2.00. The Morgan fingerprint density at radius 3 is 2.50 bits per heavy atom. The molecule has 0 saturated carbocycles. The molecule has 3 nitrogen and oxygen atoms in total. The molecule has 0 radical (unpaired) electrons. The van der Waals surface area contributed by atoms with Gasteiger partial charge in [0.15, 0.2) is 0 Å². The zero-order chi connectivity index (χ0) is 14.7. The highest BCUT2D eigenvalue weighted by Crippen LogP contribution is 2.32. The second kappa shape index (κ2) is 5.97. The van der Waals surface area contributed by atoms with Crippen LogP contribution in [-0.2, 0) is 0 Å². The topological polar surface area (TPSA) is 53.1 Å². The lowest BCUT2D eigenvalue weighted by Gasteiger charge is -2.27. The normalized spacial score (nSPS) is 10.3. The highest BCUT2D eigenvalue weighted by molar-refractivity contribution is 6.31. The molecule has 0 aliphatic rings. The molecule has 2 rings (SSSR count). The quantitative estimate of drug-likeness (QED) is 0.657. The molecule has 0 aliphatic carbocycles. The van der Waals surface area contributed by atoms with Crippen molar-refractivity contribution in [3.05, 3.63) is 58.6 Å². The van der Waals surface area contributed by atoms with Gasteiger partial charge in [-0.1, -0.05) is 29.8 Å². The number of amidine groups is 1. The largest absolute Gasteiger partial charge is 0.384 e. The minimum absolute atomic E-state index is 0.0451. The number of para-hydroxylation sites is 1. The number of nitrogens with two attached hydrogens (primary N) is 1. The molecule has 20 heavy (non-hydrogen) atoms. The molecule has 0 unspecified atom stereocenters. The van der Waals surface area contributed by atoms with Crippen LogP contribution in [0.4, 0.5) is 11.4 Å². The van der Waals surface area contributed by atoms with Crippen LogP contribution in [0.25, 0.3) is 0 Å². The van der Waals surface area contributed by atoms with Crippen molar-refractivity contribution in [2.24, 2.45) is 5.73 Å². The predicted molar refractivity (Wildman–Crippen MR) is 86.3 cm³/mol. The van der Waals surface area contributed by atoms with Gasteiger partial charge >= 0.3 is 0 Å². The first-order valence-corrected chi connectivity index (χ1v) is 6.89. The van der Waals surface area contributed by atoms with Crippen LogP contribution in [0.15, 0.2) is 42.5 Å². The summed E-state index contributed by atoms with van der Waals surface area (Å²) in [6, 6.07) is 13.5. The number of nitrogens with one attached hydrogen (secondary N) is 1. The van der Waals surface area contributed by atoms with Gasteiger partial charge < -0.3 is 10.6 Å². The monoisotopic (exact) mass is 287 g/mol. The van der Waals surface area contributed by atoms with Gasteiger partial charge in [0.05, 0.1) is 5.69 Å². The van der Waals surface area contributed by atoms with E-state index in [1.807, 2.05) is 18.2 Å². The van der Waals surface area contributed by atoms with Crippen molar-refractivity contribution in [1.29, 1.82) is 5.41 Å². The van der Waals surface area contributed by atoms with Gasteiger partial charge in [-0.3, -0.25) is 5.41 Å². The molecule has 0 spiro atoms. The van der Waals surface area contributed by atoms with Crippen molar-refractivity contribution in [3.63, 3.8) is 0 Å². The van der Waals surface area contributed by atoms with Crippen molar-refractivity contribution in [1.82, 2.24) is 0 Å². The van der Waals surface area contributed by atoms with Gasteiger partial charge in [-0.2, -0.15) is 0 Å². The molecule has 0 saturated heterocycles. The minimum Gasteiger partial charge on any atom is -0.384 e. The number of halogens is 1. The molecule has 2 aromatic rings. The van der Waals surface area contributed by atoms with E-state index in [9.17, 15) is 0 Å². The number of anilines is 2. The highest BCUT2D eigenvalue weighted by atomic mass is 35.5. The van der Waals surface area contributed by atoms with Crippen molar-refractivity contribution in [3.8, 4) is 0 Å². The van der Waals surface area contributed by atoms with Gasteiger partial charge in [-0.25, -0.2) is 0 Å². The second-order valence-corrected chi connectivity index (χ2v) is 5.04. The SMILES string of the molecule is CCN(c1ccccc1C)c1cc(Cl)ccc1C(=N)N. The maximum atomic E-state index is 7.74. The molecule has 0 bridgehead atoms. The first-order valence-electron chi connectivity index (χ1n) is 6.51. The maximum absolute atomic E-state index is 7.74. The van der Waals surface area contributed by atoms with Crippen molar-refractivity contribution < 1.29 is 0 Å². The van der Waals surface area contributed by atoms with E-state index >= 15 is 0 Å². The van der Waals surface area contributed by atoms with E-state index in [0.717, 1.165) is 17.9 Å². The highest BCUT2D eigenvalue weighted by Gasteiger charge is 2.15. The number of hydrogen-bond donors (Lipinski definition) is 2. The van der Waals surface area contributed by atoms with E-state index in [2.05, 4.69) is 30.9 Å². The molecule has 104 valence electrons. The van der Waals surface area contributed by atoms with Crippen molar-refractivity contribution in [2.45, 2.75) is 13.8 Å². The third-order valence-corrected chi connectivity index (χ3v) is 3.50. The molecular formula is C16H18ClN3. The molecule has 4 heteroatoms. The molecule has 2 aromatic carbocycles. The van der Waals surface area contributed by atoms with Gasteiger partial charge in [-0.15, -0.1) is 0 Å². The van der Waals surface area contributed by atoms with Crippen LogP contribution in [0.3, 0.4) is 0 Å². The van der Waals surface area contributed by atoms with Gasteiger partial charge in [0.25, 0.3) is 0 Å². The second-order valence-electron chi connectivity index (χ2n) is 4.61. The summed E-state index contributed by atoms with van der Waals surface area (Å²) in [4.78, 5) is 2.12. The van der Waals surface area contributed by atoms with E-state index in [1.165, 1.54) is 5.56 Å². The van der Waals surface area contributed by atoms with Crippen molar-refractivity contribution >= 4 is 28.8 Å². The molecule has 0 amide bonds. The fourth-order valence-corrected chi connectivity index (χ4v) is 2.46. The lowest BCUT2D eigenvalue weighted by atomic mass is 10.1. The average molecular weight is 288 g/mol. The Morgan fingerprint density at radius 1 is 1.20 bits per heavy atom. The van der Waals surface area contributed by atoms with Crippen LogP contribution >= 0.6 is 11.6 Å². The summed E-state index contributed by atoms with van der Waals surface area (Å²) in [5.74, 6) is 0.0451. The molecule has 0 fully saturated rings. The zero-order valence-corrected chi connectivity index (χ0v) is 12.4. The lowest BCUT2D eigenvalue weighted by molar-refractivity contribution is 1.01. The van der Waals surface area contributed by atoms with E-state index < -0.39 is 0 Å².